The molecule has 0 aliphatic heterocycles. The second-order valence-corrected chi connectivity index (χ2v) is 6.47. The predicted octanol–water partition coefficient (Wildman–Crippen LogP) is 4.44. The largest absolute Gasteiger partial charge is 0.459 e. The van der Waals surface area contributed by atoms with Gasteiger partial charge >= 0.3 is 17.6 Å². The molecule has 1 aliphatic carbocycles. The number of esters is 2. The summed E-state index contributed by atoms with van der Waals surface area (Å²) in [5.41, 5.74) is -0.750. The van der Waals surface area contributed by atoms with E-state index in [9.17, 15) is 24.1 Å². The van der Waals surface area contributed by atoms with Crippen molar-refractivity contribution in [2.24, 2.45) is 0 Å². The zero-order chi connectivity index (χ0) is 20.1. The Labute approximate surface area is 160 Å². The van der Waals surface area contributed by atoms with E-state index in [4.69, 9.17) is 9.47 Å². The van der Waals surface area contributed by atoms with Gasteiger partial charge in [-0.05, 0) is 49.9 Å². The van der Waals surface area contributed by atoms with Gasteiger partial charge in [0.1, 0.15) is 11.9 Å². The molecule has 0 bridgehead atoms. The summed E-state index contributed by atoms with van der Waals surface area (Å²) in [6.45, 7) is 0. The monoisotopic (exact) mass is 387 g/mol. The number of nitro groups is 1. The van der Waals surface area contributed by atoms with Crippen LogP contribution in [0.1, 0.15) is 52.8 Å². The standard InChI is InChI=1S/C20H18FNO6/c21-13-10-11-18(17(12-13)22(25)26)28-20(24)16-9-5-4-8-15(16)19(23)27-14-6-2-1-3-7-14/h4-5,8-12,14H,1-3,6-7H2. The van der Waals surface area contributed by atoms with E-state index < -0.39 is 34.1 Å². The highest BCUT2D eigenvalue weighted by atomic mass is 19.1. The number of nitro benzene ring substituents is 1. The Hall–Kier alpha value is -3.29. The van der Waals surface area contributed by atoms with Crippen LogP contribution in [0.4, 0.5) is 10.1 Å². The van der Waals surface area contributed by atoms with Gasteiger partial charge in [0.05, 0.1) is 22.1 Å². The summed E-state index contributed by atoms with van der Waals surface area (Å²) < 4.78 is 23.8. The van der Waals surface area contributed by atoms with Crippen molar-refractivity contribution >= 4 is 17.6 Å². The van der Waals surface area contributed by atoms with Crippen molar-refractivity contribution in [1.29, 1.82) is 0 Å². The molecule has 8 heteroatoms. The molecule has 146 valence electrons. The third-order valence-electron chi connectivity index (χ3n) is 4.51. The van der Waals surface area contributed by atoms with Gasteiger partial charge in [-0.15, -0.1) is 0 Å². The molecule has 0 saturated heterocycles. The smallest absolute Gasteiger partial charge is 0.344 e. The Morgan fingerprint density at radius 1 is 1.00 bits per heavy atom. The van der Waals surface area contributed by atoms with Crippen LogP contribution in [0, 0.1) is 15.9 Å². The summed E-state index contributed by atoms with van der Waals surface area (Å²) in [5, 5.41) is 11.1. The SMILES string of the molecule is O=C(Oc1ccc(F)cc1[N+](=O)[O-])c1ccccc1C(=O)OC1CCCCC1. The molecule has 28 heavy (non-hydrogen) atoms. The van der Waals surface area contributed by atoms with Gasteiger partial charge < -0.3 is 9.47 Å². The number of hydrogen-bond acceptors (Lipinski definition) is 6. The van der Waals surface area contributed by atoms with Crippen LogP contribution in [0.25, 0.3) is 0 Å². The first-order chi connectivity index (χ1) is 13.5. The molecule has 2 aromatic rings. The van der Waals surface area contributed by atoms with Crippen LogP contribution in [0.3, 0.4) is 0 Å². The fourth-order valence-corrected chi connectivity index (χ4v) is 3.11. The van der Waals surface area contributed by atoms with Crippen LogP contribution >= 0.6 is 0 Å². The lowest BCUT2D eigenvalue weighted by molar-refractivity contribution is -0.385. The first-order valence-electron chi connectivity index (χ1n) is 8.92. The Morgan fingerprint density at radius 2 is 1.64 bits per heavy atom. The summed E-state index contributed by atoms with van der Waals surface area (Å²) in [6.07, 6.45) is 4.43. The van der Waals surface area contributed by atoms with E-state index in [-0.39, 0.29) is 17.2 Å². The van der Waals surface area contributed by atoms with Crippen LogP contribution in [-0.4, -0.2) is 23.0 Å². The van der Waals surface area contributed by atoms with Crippen molar-refractivity contribution in [3.8, 4) is 5.75 Å². The number of benzene rings is 2. The van der Waals surface area contributed by atoms with Crippen LogP contribution in [0.15, 0.2) is 42.5 Å². The van der Waals surface area contributed by atoms with E-state index in [0.29, 0.717) is 6.07 Å². The van der Waals surface area contributed by atoms with Gasteiger partial charge in [0, 0.05) is 0 Å². The lowest BCUT2D eigenvalue weighted by Crippen LogP contribution is -2.23. The fourth-order valence-electron chi connectivity index (χ4n) is 3.11. The summed E-state index contributed by atoms with van der Waals surface area (Å²) in [6, 6.07) is 8.51. The second-order valence-electron chi connectivity index (χ2n) is 6.47. The zero-order valence-corrected chi connectivity index (χ0v) is 14.9. The maximum Gasteiger partial charge on any atom is 0.344 e. The molecule has 0 heterocycles. The maximum atomic E-state index is 13.3. The summed E-state index contributed by atoms with van der Waals surface area (Å²) >= 11 is 0. The minimum absolute atomic E-state index is 0.0165. The molecule has 0 atom stereocenters. The van der Waals surface area contributed by atoms with Crippen molar-refractivity contribution in [2.45, 2.75) is 38.2 Å². The third-order valence-corrected chi connectivity index (χ3v) is 4.51. The molecule has 0 amide bonds. The first kappa shape index (κ1) is 19.5. The molecule has 0 spiro atoms. The van der Waals surface area contributed by atoms with E-state index in [1.807, 2.05) is 0 Å². The van der Waals surface area contributed by atoms with E-state index in [1.54, 1.807) is 6.07 Å². The number of rotatable bonds is 5. The molecular weight excluding hydrogens is 369 g/mol. The quantitative estimate of drug-likeness (QED) is 0.326. The molecular formula is C20H18FNO6. The molecule has 0 aromatic heterocycles. The average Bonchev–Trinajstić information content (AvgIpc) is 2.70. The van der Waals surface area contributed by atoms with Gasteiger partial charge in [0.15, 0.2) is 0 Å². The second kappa shape index (κ2) is 8.60. The number of nitrogens with zero attached hydrogens (tertiary/aromatic N) is 1. The Bertz CT molecular complexity index is 907. The van der Waals surface area contributed by atoms with Gasteiger partial charge in [0.2, 0.25) is 5.75 Å². The highest BCUT2D eigenvalue weighted by Crippen LogP contribution is 2.29. The van der Waals surface area contributed by atoms with Gasteiger partial charge in [-0.3, -0.25) is 10.1 Å². The minimum atomic E-state index is -0.967. The van der Waals surface area contributed by atoms with E-state index in [0.717, 1.165) is 44.2 Å². The van der Waals surface area contributed by atoms with Crippen LogP contribution in [0.2, 0.25) is 0 Å². The van der Waals surface area contributed by atoms with Gasteiger partial charge in [-0.25, -0.2) is 14.0 Å². The fraction of sp³-hybridized carbons (Fsp3) is 0.300. The van der Waals surface area contributed by atoms with Crippen LogP contribution in [0.5, 0.6) is 5.75 Å². The highest BCUT2D eigenvalue weighted by Gasteiger charge is 2.25. The molecule has 0 unspecified atom stereocenters. The number of hydrogen-bond donors (Lipinski definition) is 0. The molecule has 0 radical (unpaired) electrons. The van der Waals surface area contributed by atoms with Crippen molar-refractivity contribution in [3.63, 3.8) is 0 Å². The summed E-state index contributed by atoms with van der Waals surface area (Å²) in [7, 11) is 0. The van der Waals surface area contributed by atoms with Crippen molar-refractivity contribution < 1.29 is 28.4 Å². The number of carbonyl (C=O) groups is 2. The van der Waals surface area contributed by atoms with Gasteiger partial charge in [-0.2, -0.15) is 0 Å². The number of halogens is 1. The van der Waals surface area contributed by atoms with Crippen LogP contribution < -0.4 is 4.74 Å². The predicted molar refractivity (Wildman–Crippen MR) is 96.7 cm³/mol. The Kier molecular flexibility index (Phi) is 5.98. The van der Waals surface area contributed by atoms with Gasteiger partial charge in [0.25, 0.3) is 0 Å². The third kappa shape index (κ3) is 4.51. The number of carbonyl (C=O) groups excluding carboxylic acids is 2. The summed E-state index contributed by atoms with van der Waals surface area (Å²) in [4.78, 5) is 35.3. The molecule has 1 aliphatic rings. The lowest BCUT2D eigenvalue weighted by atomic mass is 9.97. The zero-order valence-electron chi connectivity index (χ0n) is 14.9. The molecule has 1 saturated carbocycles. The Balaban J connectivity index is 1.81. The van der Waals surface area contributed by atoms with Crippen LogP contribution in [-0.2, 0) is 4.74 Å². The van der Waals surface area contributed by atoms with E-state index >= 15 is 0 Å². The molecule has 2 aromatic carbocycles. The van der Waals surface area contributed by atoms with E-state index in [1.165, 1.54) is 18.2 Å². The molecule has 0 N–H and O–H groups in total. The van der Waals surface area contributed by atoms with Crippen molar-refractivity contribution in [2.75, 3.05) is 0 Å². The summed E-state index contributed by atoms with van der Waals surface area (Å²) in [5.74, 6) is -2.85. The lowest BCUT2D eigenvalue weighted by Gasteiger charge is -2.22. The van der Waals surface area contributed by atoms with Crippen molar-refractivity contribution in [3.05, 3.63) is 69.5 Å². The van der Waals surface area contributed by atoms with Gasteiger partial charge in [-0.1, -0.05) is 18.6 Å². The molecule has 7 nitrogen and oxygen atoms in total. The van der Waals surface area contributed by atoms with E-state index in [2.05, 4.69) is 0 Å². The average molecular weight is 387 g/mol. The molecule has 1 fully saturated rings. The van der Waals surface area contributed by atoms with Crippen molar-refractivity contribution in [1.82, 2.24) is 0 Å². The molecule has 3 rings (SSSR count). The Morgan fingerprint density at radius 3 is 2.29 bits per heavy atom. The highest BCUT2D eigenvalue weighted by molar-refractivity contribution is 6.04. The normalized spacial score (nSPS) is 14.3. The first-order valence-corrected chi connectivity index (χ1v) is 8.92. The minimum Gasteiger partial charge on any atom is -0.459 e. The number of ether oxygens (including phenoxy) is 2. The maximum absolute atomic E-state index is 13.3. The topological polar surface area (TPSA) is 95.7 Å².